The van der Waals surface area contributed by atoms with Crippen molar-refractivity contribution in [3.8, 4) is 0 Å². The van der Waals surface area contributed by atoms with E-state index in [1.165, 1.54) is 12.1 Å². The van der Waals surface area contributed by atoms with Crippen molar-refractivity contribution >= 4 is 27.7 Å². The highest BCUT2D eigenvalue weighted by atomic mass is 79.9. The Morgan fingerprint density at radius 3 is 2.79 bits per heavy atom. The van der Waals surface area contributed by atoms with E-state index in [4.69, 9.17) is 0 Å². The first-order chi connectivity index (χ1) is 9.06. The van der Waals surface area contributed by atoms with E-state index in [1.807, 2.05) is 31.2 Å². The molecule has 0 amide bonds. The SMILES string of the molecule is Cc1ccc(F)cc1C(O)CSc1cccc(Br)c1. The molecule has 0 aromatic heterocycles. The number of hydrogen-bond donors (Lipinski definition) is 1. The van der Waals surface area contributed by atoms with Crippen molar-refractivity contribution in [2.75, 3.05) is 5.75 Å². The van der Waals surface area contributed by atoms with Crippen LogP contribution in [0.4, 0.5) is 4.39 Å². The van der Waals surface area contributed by atoms with Gasteiger partial charge >= 0.3 is 0 Å². The second-order valence-electron chi connectivity index (χ2n) is 4.29. The molecule has 19 heavy (non-hydrogen) atoms. The lowest BCUT2D eigenvalue weighted by atomic mass is 10.0. The van der Waals surface area contributed by atoms with Gasteiger partial charge in [-0.3, -0.25) is 0 Å². The average molecular weight is 341 g/mol. The molecule has 2 aromatic carbocycles. The predicted molar refractivity (Wildman–Crippen MR) is 81.0 cm³/mol. The molecule has 2 aromatic rings. The first kappa shape index (κ1) is 14.6. The molecule has 4 heteroatoms. The Hall–Kier alpha value is -0.840. The molecule has 1 N–H and O–H groups in total. The molecule has 100 valence electrons. The van der Waals surface area contributed by atoms with Gasteiger partial charge in [0.1, 0.15) is 5.82 Å². The third-order valence-corrected chi connectivity index (χ3v) is 4.37. The Morgan fingerprint density at radius 1 is 1.26 bits per heavy atom. The van der Waals surface area contributed by atoms with E-state index < -0.39 is 6.10 Å². The lowest BCUT2D eigenvalue weighted by Gasteiger charge is -2.13. The fraction of sp³-hybridized carbons (Fsp3) is 0.200. The molecular weight excluding hydrogens is 327 g/mol. The summed E-state index contributed by atoms with van der Waals surface area (Å²) in [6.45, 7) is 1.88. The van der Waals surface area contributed by atoms with Crippen LogP contribution >= 0.6 is 27.7 Å². The topological polar surface area (TPSA) is 20.2 Å². The van der Waals surface area contributed by atoms with Crippen LogP contribution in [0.3, 0.4) is 0 Å². The van der Waals surface area contributed by atoms with Gasteiger partial charge < -0.3 is 5.11 Å². The minimum Gasteiger partial charge on any atom is -0.388 e. The molecule has 1 nitrogen and oxygen atoms in total. The normalized spacial score (nSPS) is 12.4. The molecule has 0 bridgehead atoms. The molecule has 1 unspecified atom stereocenters. The minimum absolute atomic E-state index is 0.313. The smallest absolute Gasteiger partial charge is 0.123 e. The highest BCUT2D eigenvalue weighted by Crippen LogP contribution is 2.28. The molecule has 0 heterocycles. The quantitative estimate of drug-likeness (QED) is 0.812. The summed E-state index contributed by atoms with van der Waals surface area (Å²) in [6.07, 6.45) is -0.667. The van der Waals surface area contributed by atoms with E-state index in [-0.39, 0.29) is 5.82 Å². The molecular formula is C15H14BrFOS. The van der Waals surface area contributed by atoms with Gasteiger partial charge in [-0.2, -0.15) is 0 Å². The highest BCUT2D eigenvalue weighted by Gasteiger charge is 2.12. The van der Waals surface area contributed by atoms with Crippen LogP contribution in [0.1, 0.15) is 17.2 Å². The van der Waals surface area contributed by atoms with Crippen LogP contribution < -0.4 is 0 Å². The van der Waals surface area contributed by atoms with Crippen LogP contribution in [0, 0.1) is 12.7 Å². The first-order valence-electron chi connectivity index (χ1n) is 5.89. The maximum atomic E-state index is 13.2. The Bertz CT molecular complexity index is 574. The monoisotopic (exact) mass is 340 g/mol. The van der Waals surface area contributed by atoms with Crippen LogP contribution in [0.15, 0.2) is 51.8 Å². The summed E-state index contributed by atoms with van der Waals surface area (Å²) in [5, 5.41) is 10.2. The van der Waals surface area contributed by atoms with Gasteiger partial charge in [-0.05, 0) is 48.4 Å². The van der Waals surface area contributed by atoms with E-state index in [2.05, 4.69) is 15.9 Å². The molecule has 0 aliphatic rings. The maximum absolute atomic E-state index is 13.2. The van der Waals surface area contributed by atoms with Crippen molar-refractivity contribution < 1.29 is 9.50 Å². The van der Waals surface area contributed by atoms with Gasteiger partial charge in [0.25, 0.3) is 0 Å². The average Bonchev–Trinajstić information content (AvgIpc) is 2.39. The molecule has 0 spiro atoms. The standard InChI is InChI=1S/C15H14BrFOS/c1-10-5-6-12(17)8-14(10)15(18)9-19-13-4-2-3-11(16)7-13/h2-8,15,18H,9H2,1H3. The van der Waals surface area contributed by atoms with Crippen LogP contribution in [0.25, 0.3) is 0 Å². The van der Waals surface area contributed by atoms with E-state index in [1.54, 1.807) is 17.8 Å². The van der Waals surface area contributed by atoms with Crippen LogP contribution in [0.5, 0.6) is 0 Å². The summed E-state index contributed by atoms with van der Waals surface area (Å²) in [5.41, 5.74) is 1.56. The van der Waals surface area contributed by atoms with E-state index in [0.717, 1.165) is 14.9 Å². The zero-order chi connectivity index (χ0) is 13.8. The Balaban J connectivity index is 2.05. The zero-order valence-corrected chi connectivity index (χ0v) is 12.8. The highest BCUT2D eigenvalue weighted by molar-refractivity contribution is 9.10. The zero-order valence-electron chi connectivity index (χ0n) is 10.4. The fourth-order valence-electron chi connectivity index (χ4n) is 1.79. The van der Waals surface area contributed by atoms with Crippen LogP contribution in [0.2, 0.25) is 0 Å². The van der Waals surface area contributed by atoms with Gasteiger partial charge in [-0.15, -0.1) is 11.8 Å². The predicted octanol–water partition coefficient (Wildman–Crippen LogP) is 4.72. The van der Waals surface area contributed by atoms with Crippen molar-refractivity contribution in [2.45, 2.75) is 17.9 Å². The third-order valence-electron chi connectivity index (χ3n) is 2.80. The minimum atomic E-state index is -0.667. The molecule has 0 saturated heterocycles. The van der Waals surface area contributed by atoms with Gasteiger partial charge in [0, 0.05) is 15.1 Å². The van der Waals surface area contributed by atoms with Gasteiger partial charge in [0.05, 0.1) is 6.10 Å². The second kappa shape index (κ2) is 6.55. The van der Waals surface area contributed by atoms with Crippen molar-refractivity contribution in [2.24, 2.45) is 0 Å². The summed E-state index contributed by atoms with van der Waals surface area (Å²) < 4.78 is 14.2. The lowest BCUT2D eigenvalue weighted by Crippen LogP contribution is -2.03. The molecule has 1 atom stereocenters. The summed E-state index contributed by atoms with van der Waals surface area (Å²) >= 11 is 4.96. The molecule has 0 fully saturated rings. The van der Waals surface area contributed by atoms with E-state index >= 15 is 0 Å². The van der Waals surface area contributed by atoms with E-state index in [0.29, 0.717) is 11.3 Å². The number of benzene rings is 2. The number of aliphatic hydroxyl groups is 1. The maximum Gasteiger partial charge on any atom is 0.123 e. The molecule has 0 radical (unpaired) electrons. The second-order valence-corrected chi connectivity index (χ2v) is 6.29. The van der Waals surface area contributed by atoms with Gasteiger partial charge in [0.2, 0.25) is 0 Å². The number of thioether (sulfide) groups is 1. The van der Waals surface area contributed by atoms with Gasteiger partial charge in [0.15, 0.2) is 0 Å². The molecule has 0 saturated carbocycles. The number of rotatable bonds is 4. The molecule has 0 aliphatic heterocycles. The number of aryl methyl sites for hydroxylation is 1. The van der Waals surface area contributed by atoms with Crippen LogP contribution in [-0.2, 0) is 0 Å². The van der Waals surface area contributed by atoms with E-state index in [9.17, 15) is 9.50 Å². The fourth-order valence-corrected chi connectivity index (χ4v) is 3.26. The largest absolute Gasteiger partial charge is 0.388 e. The van der Waals surface area contributed by atoms with Crippen molar-refractivity contribution in [3.63, 3.8) is 0 Å². The summed E-state index contributed by atoms with van der Waals surface area (Å²) in [4.78, 5) is 1.07. The number of halogens is 2. The Labute approximate surface area is 125 Å². The molecule has 2 rings (SSSR count). The first-order valence-corrected chi connectivity index (χ1v) is 7.66. The Kier molecular flexibility index (Phi) is 5.02. The number of aliphatic hydroxyl groups excluding tert-OH is 1. The van der Waals surface area contributed by atoms with Gasteiger partial charge in [-0.25, -0.2) is 4.39 Å². The van der Waals surface area contributed by atoms with Crippen LogP contribution in [-0.4, -0.2) is 10.9 Å². The van der Waals surface area contributed by atoms with Crippen molar-refractivity contribution in [1.29, 1.82) is 0 Å². The lowest BCUT2D eigenvalue weighted by molar-refractivity contribution is 0.203. The third kappa shape index (κ3) is 4.06. The summed E-state index contributed by atoms with van der Waals surface area (Å²) in [7, 11) is 0. The summed E-state index contributed by atoms with van der Waals surface area (Å²) in [5.74, 6) is 0.188. The van der Waals surface area contributed by atoms with Gasteiger partial charge in [-0.1, -0.05) is 28.1 Å². The van der Waals surface area contributed by atoms with Crippen molar-refractivity contribution in [3.05, 3.63) is 63.9 Å². The molecule has 0 aliphatic carbocycles. The van der Waals surface area contributed by atoms with Crippen molar-refractivity contribution in [1.82, 2.24) is 0 Å². The summed E-state index contributed by atoms with van der Waals surface area (Å²) in [6, 6.07) is 12.4. The Morgan fingerprint density at radius 2 is 2.05 bits per heavy atom. The number of hydrogen-bond acceptors (Lipinski definition) is 2.